The van der Waals surface area contributed by atoms with E-state index in [0.29, 0.717) is 30.9 Å². The van der Waals surface area contributed by atoms with Crippen molar-refractivity contribution in [2.45, 2.75) is 44.7 Å². The van der Waals surface area contributed by atoms with Crippen LogP contribution >= 0.6 is 0 Å². The zero-order valence-corrected chi connectivity index (χ0v) is 20.8. The van der Waals surface area contributed by atoms with E-state index in [1.807, 2.05) is 16.0 Å². The Hall–Kier alpha value is -3.21. The van der Waals surface area contributed by atoms with E-state index in [2.05, 4.69) is 39.7 Å². The molecule has 3 rings (SSSR count). The van der Waals surface area contributed by atoms with Crippen LogP contribution in [-0.4, -0.2) is 72.6 Å². The van der Waals surface area contributed by atoms with E-state index in [-0.39, 0.29) is 24.8 Å². The van der Waals surface area contributed by atoms with Crippen LogP contribution in [0, 0.1) is 5.92 Å². The molecule has 1 aromatic heterocycles. The molecule has 1 aliphatic heterocycles. The van der Waals surface area contributed by atoms with Gasteiger partial charge >= 0.3 is 0 Å². The highest BCUT2D eigenvalue weighted by Gasteiger charge is 2.29. The predicted octanol–water partition coefficient (Wildman–Crippen LogP) is 3.22. The first-order valence-electron chi connectivity index (χ1n) is 11.9. The van der Waals surface area contributed by atoms with Gasteiger partial charge in [-0.25, -0.2) is 9.38 Å². The summed E-state index contributed by atoms with van der Waals surface area (Å²) in [6, 6.07) is 3.44. The van der Waals surface area contributed by atoms with Gasteiger partial charge in [-0.3, -0.25) is 19.7 Å². The van der Waals surface area contributed by atoms with Crippen LogP contribution in [0.1, 0.15) is 37.4 Å². The van der Waals surface area contributed by atoms with Gasteiger partial charge in [-0.1, -0.05) is 18.7 Å². The number of hydrogen-bond donors (Lipinski definition) is 2. The Morgan fingerprint density at radius 2 is 2.14 bits per heavy atom. The molecule has 1 unspecified atom stereocenters. The first-order chi connectivity index (χ1) is 17.1. The molecule has 0 radical (unpaired) electrons. The van der Waals surface area contributed by atoms with Gasteiger partial charge in [-0.05, 0) is 49.7 Å². The van der Waals surface area contributed by atoms with Gasteiger partial charge in [-0.2, -0.15) is 8.78 Å². The summed E-state index contributed by atoms with van der Waals surface area (Å²) >= 11 is 0. The third-order valence-electron chi connectivity index (χ3n) is 5.67. The van der Waals surface area contributed by atoms with Gasteiger partial charge in [0, 0.05) is 45.3 Å². The van der Waals surface area contributed by atoms with E-state index in [1.165, 1.54) is 18.6 Å². The number of pyridine rings is 1. The van der Waals surface area contributed by atoms with Crippen molar-refractivity contribution in [3.05, 3.63) is 54.3 Å². The third-order valence-corrected chi connectivity index (χ3v) is 5.67. The van der Waals surface area contributed by atoms with Crippen molar-refractivity contribution in [1.82, 2.24) is 20.1 Å². The lowest BCUT2D eigenvalue weighted by atomic mass is 10.0. The van der Waals surface area contributed by atoms with E-state index in [4.69, 9.17) is 5.73 Å². The molecule has 1 saturated carbocycles. The summed E-state index contributed by atoms with van der Waals surface area (Å²) in [4.78, 5) is 25.9. The van der Waals surface area contributed by atoms with Crippen molar-refractivity contribution in [2.75, 3.05) is 32.9 Å². The number of carbonyl (C=O) groups is 1. The number of hydrogen-bond acceptors (Lipinski definition) is 6. The lowest BCUT2D eigenvalue weighted by Crippen LogP contribution is -2.35. The Labute approximate surface area is 210 Å². The molecule has 0 bridgehead atoms. The van der Waals surface area contributed by atoms with Gasteiger partial charge in [0.1, 0.15) is 24.5 Å². The van der Waals surface area contributed by atoms with Crippen molar-refractivity contribution in [3.8, 4) is 0 Å². The van der Waals surface area contributed by atoms with Crippen LogP contribution in [0.25, 0.3) is 0 Å². The number of aromatic nitrogens is 1. The summed E-state index contributed by atoms with van der Waals surface area (Å²) in [5, 5.41) is 3.10. The van der Waals surface area contributed by atoms with Crippen LogP contribution in [-0.2, 0) is 17.3 Å². The Kier molecular flexibility index (Phi) is 11.6. The smallest absolute Gasteiger partial charge is 0.286 e. The number of alkyl halides is 3. The number of nitrogens with one attached hydrogen (secondary N) is 1. The van der Waals surface area contributed by atoms with Gasteiger partial charge < -0.3 is 16.0 Å². The minimum atomic E-state index is -2.91. The van der Waals surface area contributed by atoms with Crippen LogP contribution in [0.4, 0.5) is 13.2 Å². The molecule has 198 valence electrons. The van der Waals surface area contributed by atoms with Crippen LogP contribution in [0.15, 0.2) is 53.0 Å². The monoisotopic (exact) mass is 507 g/mol. The highest BCUT2D eigenvalue weighted by molar-refractivity contribution is 5.76. The van der Waals surface area contributed by atoms with Crippen LogP contribution in [0.2, 0.25) is 0 Å². The quantitative estimate of drug-likeness (QED) is 0.316. The summed E-state index contributed by atoms with van der Waals surface area (Å²) in [7, 11) is 0. The summed E-state index contributed by atoms with van der Waals surface area (Å²) in [5.41, 5.74) is 5.76. The van der Waals surface area contributed by atoms with E-state index in [0.717, 1.165) is 44.8 Å². The molecular formula is C25H36F3N7O. The summed E-state index contributed by atoms with van der Waals surface area (Å²) < 4.78 is 38.4. The lowest BCUT2D eigenvalue weighted by Gasteiger charge is -2.26. The molecule has 36 heavy (non-hydrogen) atoms. The molecule has 0 saturated heterocycles. The van der Waals surface area contributed by atoms with E-state index in [1.54, 1.807) is 6.07 Å². The first kappa shape index (κ1) is 29.0. The van der Waals surface area contributed by atoms with Crippen LogP contribution in [0.3, 0.4) is 0 Å². The largest absolute Gasteiger partial charge is 0.370 e. The highest BCUT2D eigenvalue weighted by atomic mass is 19.3. The van der Waals surface area contributed by atoms with E-state index >= 15 is 0 Å². The second-order valence-electron chi connectivity index (χ2n) is 8.91. The summed E-state index contributed by atoms with van der Waals surface area (Å²) in [6.45, 7) is 10.3. The van der Waals surface area contributed by atoms with Gasteiger partial charge in [0.25, 0.3) is 5.92 Å². The fourth-order valence-electron chi connectivity index (χ4n) is 3.60. The number of rotatable bonds is 13. The first-order valence-corrected chi connectivity index (χ1v) is 11.9. The topological polar surface area (TPSA) is 99.2 Å². The molecule has 1 aliphatic carbocycles. The number of nitrogens with two attached hydrogens (primary N) is 1. The SMILES string of the molecule is C=N/C=N\C(=C)NCC1C=CN(CC(N)=O)CC1.CC(F)(F)c1ccc(CN(CCF)C2CC2)cn1. The number of carbonyl (C=O) groups excluding carboxylic acids is 1. The molecule has 11 heteroatoms. The van der Waals surface area contributed by atoms with Gasteiger partial charge in [0.15, 0.2) is 0 Å². The maximum absolute atomic E-state index is 13.0. The van der Waals surface area contributed by atoms with Gasteiger partial charge in [0.05, 0.1) is 6.54 Å². The fourth-order valence-corrected chi connectivity index (χ4v) is 3.60. The maximum atomic E-state index is 13.0. The number of nitrogens with zero attached hydrogens (tertiary/aromatic N) is 5. The van der Waals surface area contributed by atoms with E-state index in [9.17, 15) is 18.0 Å². The molecule has 8 nitrogen and oxygen atoms in total. The predicted molar refractivity (Wildman–Crippen MR) is 136 cm³/mol. The Morgan fingerprint density at radius 3 is 2.64 bits per heavy atom. The molecule has 0 aromatic carbocycles. The standard InChI is InChI=1S/C13H17F3N2.C12H19N5O/c1-13(15,16)12-5-2-10(8-17-12)9-18(7-6-14)11-3-4-11;1-10(16-9-14-2)15-7-11-3-5-17(6-4-11)8-12(13)18/h2,5,8,11H,3-4,6-7,9H2,1H3;3,5,9,11,15H,1-2,4,6-8H2,(H2,13,18)/b;16-9-. The Bertz CT molecular complexity index is 911. The number of halogens is 3. The summed E-state index contributed by atoms with van der Waals surface area (Å²) in [5.74, 6) is -2.25. The van der Waals surface area contributed by atoms with Crippen molar-refractivity contribution < 1.29 is 18.0 Å². The number of aliphatic imine (C=N–C) groups is 2. The molecule has 2 aliphatic rings. The molecule has 1 fully saturated rings. The molecular weight excluding hydrogens is 471 g/mol. The van der Waals surface area contributed by atoms with Crippen molar-refractivity contribution >= 4 is 19.0 Å². The molecule has 3 N–H and O–H groups in total. The second kappa shape index (κ2) is 14.4. The maximum Gasteiger partial charge on any atom is 0.286 e. The molecule has 1 aromatic rings. The van der Waals surface area contributed by atoms with Crippen molar-refractivity contribution in [2.24, 2.45) is 21.6 Å². The fraction of sp³-hybridized carbons (Fsp3) is 0.520. The molecule has 2 heterocycles. The zero-order valence-electron chi connectivity index (χ0n) is 20.8. The van der Waals surface area contributed by atoms with Crippen molar-refractivity contribution in [1.29, 1.82) is 0 Å². The lowest BCUT2D eigenvalue weighted by molar-refractivity contribution is -0.118. The third kappa shape index (κ3) is 11.0. The Balaban J connectivity index is 0.000000254. The average Bonchev–Trinajstić information content (AvgIpc) is 3.67. The second-order valence-corrected chi connectivity index (χ2v) is 8.91. The minimum absolute atomic E-state index is 0.227. The highest BCUT2D eigenvalue weighted by Crippen LogP contribution is 2.29. The molecule has 0 spiro atoms. The van der Waals surface area contributed by atoms with Crippen LogP contribution < -0.4 is 11.1 Å². The number of primary amides is 1. The Morgan fingerprint density at radius 1 is 1.39 bits per heavy atom. The van der Waals surface area contributed by atoms with Gasteiger partial charge in [0.2, 0.25) is 5.91 Å². The summed E-state index contributed by atoms with van der Waals surface area (Å²) in [6.07, 6.45) is 9.94. The normalized spacial score (nSPS) is 17.6. The van der Waals surface area contributed by atoms with Crippen molar-refractivity contribution in [3.63, 3.8) is 0 Å². The molecule has 1 atom stereocenters. The number of amides is 1. The average molecular weight is 508 g/mol. The zero-order chi connectivity index (χ0) is 26.6. The van der Waals surface area contributed by atoms with E-state index < -0.39 is 5.92 Å². The van der Waals surface area contributed by atoms with Gasteiger partial charge in [-0.15, -0.1) is 0 Å². The minimum Gasteiger partial charge on any atom is -0.370 e. The van der Waals surface area contributed by atoms with Crippen LogP contribution in [0.5, 0.6) is 0 Å². The molecule has 1 amide bonds.